The summed E-state index contributed by atoms with van der Waals surface area (Å²) < 4.78 is 1.21. The van der Waals surface area contributed by atoms with Gasteiger partial charge in [0.25, 0.3) is 17.2 Å². The van der Waals surface area contributed by atoms with E-state index in [0.717, 1.165) is 0 Å². The molecule has 0 atom stereocenters. The molecule has 1 aliphatic rings. The molecule has 0 radical (unpaired) electrons. The Bertz CT molecular complexity index is 1310. The Morgan fingerprint density at radius 2 is 1.71 bits per heavy atom. The number of nitro benzene ring substituents is 1. The van der Waals surface area contributed by atoms with Crippen molar-refractivity contribution in [2.45, 2.75) is 26.3 Å². The van der Waals surface area contributed by atoms with Crippen molar-refractivity contribution >= 4 is 34.0 Å². The quantitative estimate of drug-likeness (QED) is 0.435. The van der Waals surface area contributed by atoms with E-state index in [1.807, 2.05) is 4.90 Å². The monoisotopic (exact) mass is 464 g/mol. The molecule has 4 rings (SSSR count). The zero-order valence-corrected chi connectivity index (χ0v) is 18.6. The number of nitrogens with one attached hydrogen (secondary N) is 2. The lowest BCUT2D eigenvalue weighted by molar-refractivity contribution is -0.384. The molecule has 0 aliphatic carbocycles. The fraction of sp³-hybridized carbons (Fsp3) is 0.304. The minimum absolute atomic E-state index is 0.0332. The van der Waals surface area contributed by atoms with Crippen LogP contribution in [0.25, 0.3) is 10.8 Å². The SMILES string of the molecule is CCn1nc(C(=O)NNC(=O)C2CCN(c3ccccc3[N+](=O)[O-])CC2)c2ccccc2c1=O. The van der Waals surface area contributed by atoms with Crippen LogP contribution in [-0.2, 0) is 11.3 Å². The number of benzene rings is 2. The van der Waals surface area contributed by atoms with Crippen molar-refractivity contribution in [3.8, 4) is 0 Å². The Kier molecular flexibility index (Phi) is 6.53. The summed E-state index contributed by atoms with van der Waals surface area (Å²) in [6, 6.07) is 13.2. The number of nitro groups is 1. The number of amides is 2. The minimum atomic E-state index is -0.621. The third kappa shape index (κ3) is 4.45. The van der Waals surface area contributed by atoms with E-state index in [0.29, 0.717) is 48.9 Å². The van der Waals surface area contributed by atoms with Crippen LogP contribution in [0.2, 0.25) is 0 Å². The van der Waals surface area contributed by atoms with Gasteiger partial charge in [-0.2, -0.15) is 5.10 Å². The first-order chi connectivity index (χ1) is 16.4. The maximum Gasteiger partial charge on any atom is 0.292 e. The first-order valence-electron chi connectivity index (χ1n) is 11.0. The van der Waals surface area contributed by atoms with E-state index in [4.69, 9.17) is 0 Å². The lowest BCUT2D eigenvalue weighted by atomic mass is 9.95. The van der Waals surface area contributed by atoms with E-state index in [2.05, 4.69) is 16.0 Å². The maximum atomic E-state index is 12.8. The normalized spacial score (nSPS) is 14.1. The van der Waals surface area contributed by atoms with Crippen molar-refractivity contribution in [3.63, 3.8) is 0 Å². The molecule has 2 N–H and O–H groups in total. The van der Waals surface area contributed by atoms with Gasteiger partial charge in [0, 0.05) is 37.0 Å². The number of para-hydroxylation sites is 2. The van der Waals surface area contributed by atoms with Crippen molar-refractivity contribution < 1.29 is 14.5 Å². The second-order valence-corrected chi connectivity index (χ2v) is 7.97. The number of nitrogens with zero attached hydrogens (tertiary/aromatic N) is 4. The number of hydrogen-bond donors (Lipinski definition) is 2. The minimum Gasteiger partial charge on any atom is -0.366 e. The summed E-state index contributed by atoms with van der Waals surface area (Å²) in [4.78, 5) is 50.7. The van der Waals surface area contributed by atoms with E-state index in [1.165, 1.54) is 10.7 Å². The van der Waals surface area contributed by atoms with E-state index in [1.54, 1.807) is 49.4 Å². The van der Waals surface area contributed by atoms with Crippen molar-refractivity contribution in [3.05, 3.63) is 74.7 Å². The number of hydrogen-bond acceptors (Lipinski definition) is 7. The summed E-state index contributed by atoms with van der Waals surface area (Å²) in [5.74, 6) is -1.32. The van der Waals surface area contributed by atoms with E-state index < -0.39 is 10.8 Å². The van der Waals surface area contributed by atoms with Gasteiger partial charge in [0.15, 0.2) is 5.69 Å². The Labute approximate surface area is 194 Å². The predicted molar refractivity (Wildman–Crippen MR) is 125 cm³/mol. The molecule has 2 amide bonds. The Morgan fingerprint density at radius 1 is 1.06 bits per heavy atom. The summed E-state index contributed by atoms with van der Waals surface area (Å²) in [6.45, 7) is 3.01. The van der Waals surface area contributed by atoms with Gasteiger partial charge in [-0.3, -0.25) is 35.3 Å². The molecule has 11 heteroatoms. The number of fused-ring (bicyclic) bond motifs is 1. The second kappa shape index (κ2) is 9.69. The highest BCUT2D eigenvalue weighted by Gasteiger charge is 2.28. The van der Waals surface area contributed by atoms with Gasteiger partial charge in [-0.15, -0.1) is 0 Å². The van der Waals surface area contributed by atoms with Crippen LogP contribution in [0.4, 0.5) is 11.4 Å². The van der Waals surface area contributed by atoms with Gasteiger partial charge in [0.1, 0.15) is 5.69 Å². The summed E-state index contributed by atoms with van der Waals surface area (Å²) in [5, 5.41) is 16.2. The molecule has 1 saturated heterocycles. The largest absolute Gasteiger partial charge is 0.366 e. The van der Waals surface area contributed by atoms with Crippen LogP contribution >= 0.6 is 0 Å². The molecule has 3 aromatic rings. The average Bonchev–Trinajstić information content (AvgIpc) is 2.87. The zero-order chi connectivity index (χ0) is 24.2. The van der Waals surface area contributed by atoms with Crippen LogP contribution in [0, 0.1) is 16.0 Å². The molecule has 11 nitrogen and oxygen atoms in total. The molecule has 2 heterocycles. The highest BCUT2D eigenvalue weighted by atomic mass is 16.6. The summed E-state index contributed by atoms with van der Waals surface area (Å²) in [6.07, 6.45) is 0.964. The number of anilines is 1. The summed E-state index contributed by atoms with van der Waals surface area (Å²) in [5.41, 5.74) is 5.19. The van der Waals surface area contributed by atoms with Gasteiger partial charge in [0.05, 0.1) is 10.3 Å². The van der Waals surface area contributed by atoms with Crippen LogP contribution in [-0.4, -0.2) is 39.6 Å². The highest BCUT2D eigenvalue weighted by molar-refractivity contribution is 6.05. The number of aromatic nitrogens is 2. The Morgan fingerprint density at radius 3 is 2.38 bits per heavy atom. The molecule has 1 aromatic heterocycles. The highest BCUT2D eigenvalue weighted by Crippen LogP contribution is 2.31. The Hall–Kier alpha value is -4.28. The van der Waals surface area contributed by atoms with Crippen LogP contribution in [0.5, 0.6) is 0 Å². The first-order valence-corrected chi connectivity index (χ1v) is 11.0. The maximum absolute atomic E-state index is 12.8. The molecule has 176 valence electrons. The zero-order valence-electron chi connectivity index (χ0n) is 18.6. The molecule has 0 saturated carbocycles. The van der Waals surface area contributed by atoms with Crippen molar-refractivity contribution in [1.82, 2.24) is 20.6 Å². The van der Waals surface area contributed by atoms with Gasteiger partial charge < -0.3 is 4.90 Å². The summed E-state index contributed by atoms with van der Waals surface area (Å²) >= 11 is 0. The van der Waals surface area contributed by atoms with Crippen molar-refractivity contribution in [2.24, 2.45) is 5.92 Å². The fourth-order valence-electron chi connectivity index (χ4n) is 4.17. The van der Waals surface area contributed by atoms with Gasteiger partial charge in [0.2, 0.25) is 5.91 Å². The predicted octanol–water partition coefficient (Wildman–Crippen LogP) is 2.00. The van der Waals surface area contributed by atoms with E-state index in [-0.39, 0.29) is 28.8 Å². The molecule has 34 heavy (non-hydrogen) atoms. The Balaban J connectivity index is 1.40. The molecular formula is C23H24N6O5. The van der Waals surface area contributed by atoms with E-state index >= 15 is 0 Å². The standard InChI is InChI=1S/C23H24N6O5/c1-2-28-23(32)17-8-4-3-7-16(17)20(26-28)22(31)25-24-21(30)15-11-13-27(14-12-15)18-9-5-6-10-19(18)29(33)34/h3-10,15H,2,11-14H2,1H3,(H,24,30)(H,25,31). The van der Waals surface area contributed by atoms with E-state index in [9.17, 15) is 24.5 Å². The number of piperidine rings is 1. The molecule has 1 fully saturated rings. The van der Waals surface area contributed by atoms with Crippen LogP contribution in [0.3, 0.4) is 0 Å². The number of rotatable bonds is 5. The number of carbonyl (C=O) groups excluding carboxylic acids is 2. The van der Waals surface area contributed by atoms with Gasteiger partial charge >= 0.3 is 0 Å². The van der Waals surface area contributed by atoms with Crippen LogP contribution in [0.1, 0.15) is 30.3 Å². The first kappa shape index (κ1) is 22.9. The number of hydrazine groups is 1. The molecule has 1 aliphatic heterocycles. The molecule has 0 bridgehead atoms. The van der Waals surface area contributed by atoms with Crippen LogP contribution in [0.15, 0.2) is 53.3 Å². The van der Waals surface area contributed by atoms with Gasteiger partial charge in [-0.25, -0.2) is 4.68 Å². The molecule has 2 aromatic carbocycles. The van der Waals surface area contributed by atoms with Crippen LogP contribution < -0.4 is 21.3 Å². The number of carbonyl (C=O) groups is 2. The molecule has 0 spiro atoms. The smallest absolute Gasteiger partial charge is 0.292 e. The third-order valence-electron chi connectivity index (χ3n) is 5.97. The summed E-state index contributed by atoms with van der Waals surface area (Å²) in [7, 11) is 0. The lowest BCUT2D eigenvalue weighted by Gasteiger charge is -2.32. The second-order valence-electron chi connectivity index (χ2n) is 7.97. The lowest BCUT2D eigenvalue weighted by Crippen LogP contribution is -2.48. The molecular weight excluding hydrogens is 440 g/mol. The fourth-order valence-corrected chi connectivity index (χ4v) is 4.17. The van der Waals surface area contributed by atoms with Gasteiger partial charge in [-0.1, -0.05) is 30.3 Å². The van der Waals surface area contributed by atoms with Crippen molar-refractivity contribution in [2.75, 3.05) is 18.0 Å². The number of aryl methyl sites for hydroxylation is 1. The topological polar surface area (TPSA) is 139 Å². The third-order valence-corrected chi connectivity index (χ3v) is 5.97. The van der Waals surface area contributed by atoms with Crippen molar-refractivity contribution in [1.29, 1.82) is 0 Å². The van der Waals surface area contributed by atoms with Gasteiger partial charge in [-0.05, 0) is 31.9 Å². The average molecular weight is 464 g/mol. The molecule has 0 unspecified atom stereocenters.